The molecule has 0 aliphatic heterocycles. The second kappa shape index (κ2) is 7.34. The Morgan fingerprint density at radius 3 is 2.48 bits per heavy atom. The summed E-state index contributed by atoms with van der Waals surface area (Å²) < 4.78 is 24.6. The van der Waals surface area contributed by atoms with E-state index in [0.29, 0.717) is 17.1 Å². The lowest BCUT2D eigenvalue weighted by atomic mass is 10.2. The molecule has 2 aromatic carbocycles. The summed E-state index contributed by atoms with van der Waals surface area (Å²) in [5.41, 5.74) is 0.454. The van der Waals surface area contributed by atoms with Crippen molar-refractivity contribution in [3.05, 3.63) is 58.1 Å². The maximum Gasteiger partial charge on any atom is 0.257 e. The number of sulfone groups is 1. The summed E-state index contributed by atoms with van der Waals surface area (Å²) in [4.78, 5) is 12.5. The second-order valence-corrected chi connectivity index (χ2v) is 7.81. The van der Waals surface area contributed by atoms with Crippen molar-refractivity contribution in [2.75, 3.05) is 11.1 Å². The molecule has 4 nitrogen and oxygen atoms in total. The van der Waals surface area contributed by atoms with E-state index in [9.17, 15) is 13.2 Å². The van der Waals surface area contributed by atoms with E-state index in [0.717, 1.165) is 0 Å². The van der Waals surface area contributed by atoms with Gasteiger partial charge in [0.15, 0.2) is 9.84 Å². The summed E-state index contributed by atoms with van der Waals surface area (Å²) in [7, 11) is -3.51. The maximum atomic E-state index is 12.5. The van der Waals surface area contributed by atoms with Crippen LogP contribution in [0.2, 0.25) is 10.0 Å². The monoisotopic (exact) mass is 371 g/mol. The Labute approximate surface area is 145 Å². The van der Waals surface area contributed by atoms with Crippen molar-refractivity contribution < 1.29 is 13.2 Å². The molecule has 0 aromatic heterocycles. The summed E-state index contributed by atoms with van der Waals surface area (Å²) in [6.07, 6.45) is 0.474. The van der Waals surface area contributed by atoms with Crippen LogP contribution >= 0.6 is 23.2 Å². The van der Waals surface area contributed by atoms with Crippen LogP contribution in [0.1, 0.15) is 23.7 Å². The van der Waals surface area contributed by atoms with Gasteiger partial charge in [-0.1, -0.05) is 42.3 Å². The van der Waals surface area contributed by atoms with Crippen LogP contribution in [0.3, 0.4) is 0 Å². The first-order chi connectivity index (χ1) is 10.8. The van der Waals surface area contributed by atoms with Crippen molar-refractivity contribution in [3.63, 3.8) is 0 Å². The third kappa shape index (κ3) is 4.25. The Kier molecular flexibility index (Phi) is 5.68. The van der Waals surface area contributed by atoms with E-state index in [1.54, 1.807) is 31.2 Å². The van der Waals surface area contributed by atoms with Crippen molar-refractivity contribution >= 4 is 44.6 Å². The van der Waals surface area contributed by atoms with Gasteiger partial charge in [0.1, 0.15) is 0 Å². The van der Waals surface area contributed by atoms with Crippen molar-refractivity contribution in [1.29, 1.82) is 0 Å². The van der Waals surface area contributed by atoms with E-state index in [1.165, 1.54) is 18.2 Å². The summed E-state index contributed by atoms with van der Waals surface area (Å²) in [5, 5.41) is 3.34. The van der Waals surface area contributed by atoms with Gasteiger partial charge in [-0.05, 0) is 36.8 Å². The Hall–Kier alpha value is -1.56. The molecule has 1 amide bonds. The normalized spacial score (nSPS) is 11.3. The lowest BCUT2D eigenvalue weighted by Gasteiger charge is -2.11. The molecule has 0 heterocycles. The van der Waals surface area contributed by atoms with Crippen LogP contribution in [0.4, 0.5) is 5.69 Å². The molecule has 0 aliphatic rings. The molecule has 1 N–H and O–H groups in total. The highest BCUT2D eigenvalue weighted by molar-refractivity contribution is 7.91. The van der Waals surface area contributed by atoms with Gasteiger partial charge in [0.05, 0.1) is 26.9 Å². The molecule has 0 atom stereocenters. The van der Waals surface area contributed by atoms with Crippen LogP contribution < -0.4 is 5.32 Å². The number of hydrogen-bond donors (Lipinski definition) is 1. The number of halogens is 2. The number of nitrogens with one attached hydrogen (secondary N) is 1. The molecule has 0 saturated heterocycles. The molecule has 0 bridgehead atoms. The molecule has 0 spiro atoms. The Balaban J connectivity index is 2.37. The van der Waals surface area contributed by atoms with Gasteiger partial charge < -0.3 is 5.32 Å². The fourth-order valence-electron chi connectivity index (χ4n) is 2.08. The Morgan fingerprint density at radius 2 is 1.83 bits per heavy atom. The summed E-state index contributed by atoms with van der Waals surface area (Å²) in [6, 6.07) is 10.8. The SMILES string of the molecule is CCCS(=O)(=O)c1ccccc1C(=O)Nc1ccc(Cl)cc1Cl. The lowest BCUT2D eigenvalue weighted by Crippen LogP contribution is -2.18. The highest BCUT2D eigenvalue weighted by atomic mass is 35.5. The number of hydrogen-bond acceptors (Lipinski definition) is 3. The average molecular weight is 372 g/mol. The topological polar surface area (TPSA) is 63.2 Å². The molecule has 0 aliphatic carbocycles. The first kappa shape index (κ1) is 17.8. The molecular formula is C16H15Cl2NO3S. The molecule has 122 valence electrons. The van der Waals surface area contributed by atoms with Crippen molar-refractivity contribution in [3.8, 4) is 0 Å². The van der Waals surface area contributed by atoms with E-state index in [4.69, 9.17) is 23.2 Å². The highest BCUT2D eigenvalue weighted by Crippen LogP contribution is 2.26. The number of anilines is 1. The number of carbonyl (C=O) groups excluding carboxylic acids is 1. The van der Waals surface area contributed by atoms with E-state index in [2.05, 4.69) is 5.32 Å². The maximum absolute atomic E-state index is 12.5. The second-order valence-electron chi connectivity index (χ2n) is 4.89. The number of benzene rings is 2. The number of amides is 1. The van der Waals surface area contributed by atoms with Crippen LogP contribution in [0, 0.1) is 0 Å². The Morgan fingerprint density at radius 1 is 1.13 bits per heavy atom. The molecule has 2 rings (SSSR count). The van der Waals surface area contributed by atoms with Gasteiger partial charge in [0, 0.05) is 5.02 Å². The van der Waals surface area contributed by atoms with Gasteiger partial charge >= 0.3 is 0 Å². The highest BCUT2D eigenvalue weighted by Gasteiger charge is 2.21. The van der Waals surface area contributed by atoms with Crippen LogP contribution in [0.5, 0.6) is 0 Å². The number of rotatable bonds is 5. The zero-order valence-electron chi connectivity index (χ0n) is 12.3. The van der Waals surface area contributed by atoms with Gasteiger partial charge in [0.2, 0.25) is 0 Å². The molecule has 23 heavy (non-hydrogen) atoms. The molecule has 2 aromatic rings. The summed E-state index contributed by atoms with van der Waals surface area (Å²) >= 11 is 11.8. The van der Waals surface area contributed by atoms with Crippen LogP contribution in [0.15, 0.2) is 47.4 Å². The van der Waals surface area contributed by atoms with Crippen LogP contribution in [0.25, 0.3) is 0 Å². The zero-order valence-corrected chi connectivity index (χ0v) is 14.7. The van der Waals surface area contributed by atoms with Gasteiger partial charge in [-0.3, -0.25) is 4.79 Å². The van der Waals surface area contributed by atoms with Gasteiger partial charge in [-0.15, -0.1) is 0 Å². The largest absolute Gasteiger partial charge is 0.321 e. The van der Waals surface area contributed by atoms with Crippen LogP contribution in [-0.2, 0) is 9.84 Å². The molecule has 0 saturated carbocycles. The van der Waals surface area contributed by atoms with E-state index >= 15 is 0 Å². The smallest absolute Gasteiger partial charge is 0.257 e. The van der Waals surface area contributed by atoms with Crippen molar-refractivity contribution in [1.82, 2.24) is 0 Å². The third-order valence-corrected chi connectivity index (χ3v) is 5.64. The Bertz CT molecular complexity index is 835. The van der Waals surface area contributed by atoms with Crippen molar-refractivity contribution in [2.45, 2.75) is 18.2 Å². The molecule has 0 radical (unpaired) electrons. The van der Waals surface area contributed by atoms with Crippen molar-refractivity contribution in [2.24, 2.45) is 0 Å². The minimum atomic E-state index is -3.51. The fourth-order valence-corrected chi connectivity index (χ4v) is 4.08. The zero-order chi connectivity index (χ0) is 17.0. The lowest BCUT2D eigenvalue weighted by molar-refractivity contribution is 0.102. The summed E-state index contributed by atoms with van der Waals surface area (Å²) in [6.45, 7) is 1.77. The molecule has 0 fully saturated rings. The summed E-state index contributed by atoms with van der Waals surface area (Å²) in [5.74, 6) is -0.552. The first-order valence-corrected chi connectivity index (χ1v) is 9.34. The predicted molar refractivity (Wildman–Crippen MR) is 93.2 cm³/mol. The van der Waals surface area contributed by atoms with E-state index in [-0.39, 0.29) is 21.2 Å². The quantitative estimate of drug-likeness (QED) is 0.845. The minimum Gasteiger partial charge on any atom is -0.321 e. The molecule has 0 unspecified atom stereocenters. The van der Waals surface area contributed by atoms with Crippen LogP contribution in [-0.4, -0.2) is 20.1 Å². The number of carbonyl (C=O) groups is 1. The fraction of sp³-hybridized carbons (Fsp3) is 0.188. The van der Waals surface area contributed by atoms with E-state index in [1.807, 2.05) is 0 Å². The van der Waals surface area contributed by atoms with Gasteiger partial charge in [0.25, 0.3) is 5.91 Å². The molecule has 7 heteroatoms. The third-order valence-electron chi connectivity index (χ3n) is 3.12. The van der Waals surface area contributed by atoms with E-state index < -0.39 is 15.7 Å². The minimum absolute atomic E-state index is 0.0149. The standard InChI is InChI=1S/C16H15Cl2NO3S/c1-2-9-23(21,22)15-6-4-3-5-12(15)16(20)19-14-8-7-11(17)10-13(14)18/h3-8,10H,2,9H2,1H3,(H,19,20). The first-order valence-electron chi connectivity index (χ1n) is 6.93. The predicted octanol–water partition coefficient (Wildman–Crippen LogP) is 4.43. The molecular weight excluding hydrogens is 357 g/mol. The van der Waals surface area contributed by atoms with Gasteiger partial charge in [-0.25, -0.2) is 8.42 Å². The average Bonchev–Trinajstić information content (AvgIpc) is 2.50. The van der Waals surface area contributed by atoms with Gasteiger partial charge in [-0.2, -0.15) is 0 Å².